The van der Waals surface area contributed by atoms with Crippen molar-refractivity contribution in [2.45, 2.75) is 40.0 Å². The van der Waals surface area contributed by atoms with Gasteiger partial charge < -0.3 is 0 Å². The van der Waals surface area contributed by atoms with Crippen LogP contribution >= 0.6 is 0 Å². The van der Waals surface area contributed by atoms with Crippen molar-refractivity contribution in [1.82, 2.24) is 0 Å². The van der Waals surface area contributed by atoms with E-state index in [0.717, 1.165) is 24.7 Å². The molecular formula is C10H18O. The molecule has 1 saturated carbocycles. The van der Waals surface area contributed by atoms with Crippen molar-refractivity contribution >= 4 is 5.78 Å². The van der Waals surface area contributed by atoms with Crippen molar-refractivity contribution < 1.29 is 4.79 Å². The molecule has 0 atom stereocenters. The van der Waals surface area contributed by atoms with Crippen molar-refractivity contribution in [3.05, 3.63) is 0 Å². The fraction of sp³-hybridized carbons (Fsp3) is 0.900. The Balaban J connectivity index is 2.14. The van der Waals surface area contributed by atoms with Crippen LogP contribution < -0.4 is 0 Å². The molecule has 0 amide bonds. The van der Waals surface area contributed by atoms with Gasteiger partial charge in [-0.3, -0.25) is 4.79 Å². The zero-order valence-corrected chi connectivity index (χ0v) is 7.76. The summed E-state index contributed by atoms with van der Waals surface area (Å²) in [6, 6.07) is 0. The minimum absolute atomic E-state index is 0.394. The lowest BCUT2D eigenvalue weighted by atomic mass is 9.70. The van der Waals surface area contributed by atoms with Gasteiger partial charge in [-0.25, -0.2) is 0 Å². The third kappa shape index (κ3) is 2.32. The first kappa shape index (κ1) is 8.76. The van der Waals surface area contributed by atoms with Crippen LogP contribution in [0.3, 0.4) is 0 Å². The van der Waals surface area contributed by atoms with Crippen molar-refractivity contribution in [3.8, 4) is 0 Å². The molecule has 1 aliphatic carbocycles. The molecule has 1 heteroatoms. The van der Waals surface area contributed by atoms with E-state index in [4.69, 9.17) is 0 Å². The Morgan fingerprint density at radius 2 is 2.00 bits per heavy atom. The molecule has 1 fully saturated rings. The molecule has 1 aliphatic rings. The molecular weight excluding hydrogens is 136 g/mol. The molecule has 0 bridgehead atoms. The second-order valence-corrected chi connectivity index (χ2v) is 4.27. The molecule has 1 nitrogen and oxygen atoms in total. The lowest BCUT2D eigenvalue weighted by Crippen LogP contribution is -2.29. The molecule has 64 valence electrons. The average molecular weight is 154 g/mol. The molecule has 0 aromatic carbocycles. The number of hydrogen-bond acceptors (Lipinski definition) is 1. The van der Waals surface area contributed by atoms with Crippen molar-refractivity contribution in [3.63, 3.8) is 0 Å². The topological polar surface area (TPSA) is 17.1 Å². The quantitative estimate of drug-likeness (QED) is 0.610. The maximum Gasteiger partial charge on any atom is 0.132 e. The van der Waals surface area contributed by atoms with E-state index in [2.05, 4.69) is 13.8 Å². The monoisotopic (exact) mass is 154 g/mol. The van der Waals surface area contributed by atoms with Crippen molar-refractivity contribution in [2.75, 3.05) is 0 Å². The van der Waals surface area contributed by atoms with Gasteiger partial charge in [0.2, 0.25) is 0 Å². The maximum absolute atomic E-state index is 10.9. The van der Waals surface area contributed by atoms with E-state index in [9.17, 15) is 4.79 Å². The Bertz CT molecular complexity index is 143. The standard InChI is InChI=1S/C10H18O/c1-7(2)4-9-5-10(6-9)8(3)11/h7,9-10H,4-6H2,1-3H3. The maximum atomic E-state index is 10.9. The third-order valence-corrected chi connectivity index (χ3v) is 2.62. The van der Waals surface area contributed by atoms with E-state index in [1.807, 2.05) is 0 Å². The van der Waals surface area contributed by atoms with Gasteiger partial charge in [-0.05, 0) is 38.0 Å². The second-order valence-electron chi connectivity index (χ2n) is 4.27. The lowest BCUT2D eigenvalue weighted by Gasteiger charge is -2.34. The Labute approximate surface area is 69.2 Å². The summed E-state index contributed by atoms with van der Waals surface area (Å²) in [6.45, 7) is 6.22. The highest BCUT2D eigenvalue weighted by molar-refractivity contribution is 5.79. The number of carbonyl (C=O) groups is 1. The third-order valence-electron chi connectivity index (χ3n) is 2.62. The molecule has 0 heterocycles. The Morgan fingerprint density at radius 1 is 1.45 bits per heavy atom. The van der Waals surface area contributed by atoms with Gasteiger partial charge in [-0.1, -0.05) is 13.8 Å². The first-order chi connectivity index (χ1) is 5.09. The van der Waals surface area contributed by atoms with Gasteiger partial charge in [0.1, 0.15) is 5.78 Å². The number of rotatable bonds is 3. The fourth-order valence-electron chi connectivity index (χ4n) is 1.93. The first-order valence-corrected chi connectivity index (χ1v) is 4.60. The predicted molar refractivity (Wildman–Crippen MR) is 46.4 cm³/mol. The highest BCUT2D eigenvalue weighted by atomic mass is 16.1. The zero-order chi connectivity index (χ0) is 8.43. The SMILES string of the molecule is CC(=O)C1CC(CC(C)C)C1. The van der Waals surface area contributed by atoms with Crippen LogP contribution in [0.2, 0.25) is 0 Å². The summed E-state index contributed by atoms with van der Waals surface area (Å²) >= 11 is 0. The van der Waals surface area contributed by atoms with Gasteiger partial charge in [0.25, 0.3) is 0 Å². The van der Waals surface area contributed by atoms with Crippen LogP contribution in [0.1, 0.15) is 40.0 Å². The van der Waals surface area contributed by atoms with E-state index in [0.29, 0.717) is 11.7 Å². The van der Waals surface area contributed by atoms with Crippen LogP contribution in [0.25, 0.3) is 0 Å². The molecule has 0 N–H and O–H groups in total. The Hall–Kier alpha value is -0.330. The molecule has 0 saturated heterocycles. The van der Waals surface area contributed by atoms with Crippen molar-refractivity contribution in [1.29, 1.82) is 0 Å². The molecule has 0 aromatic rings. The van der Waals surface area contributed by atoms with Gasteiger partial charge in [-0.2, -0.15) is 0 Å². The van der Waals surface area contributed by atoms with Crippen LogP contribution in [-0.2, 0) is 4.79 Å². The summed E-state index contributed by atoms with van der Waals surface area (Å²) in [4.78, 5) is 10.9. The highest BCUT2D eigenvalue weighted by Crippen LogP contribution is 2.38. The zero-order valence-electron chi connectivity index (χ0n) is 7.76. The number of ketones is 1. The van der Waals surface area contributed by atoms with Gasteiger partial charge >= 0.3 is 0 Å². The minimum atomic E-state index is 0.394. The summed E-state index contributed by atoms with van der Waals surface area (Å²) in [7, 11) is 0. The number of carbonyl (C=O) groups excluding carboxylic acids is 1. The summed E-state index contributed by atoms with van der Waals surface area (Å²) in [5.74, 6) is 2.46. The summed E-state index contributed by atoms with van der Waals surface area (Å²) in [6.07, 6.45) is 3.63. The normalized spacial score (nSPS) is 30.2. The molecule has 0 unspecified atom stereocenters. The number of hydrogen-bond donors (Lipinski definition) is 0. The largest absolute Gasteiger partial charge is 0.300 e. The van der Waals surface area contributed by atoms with E-state index >= 15 is 0 Å². The molecule has 1 rings (SSSR count). The van der Waals surface area contributed by atoms with Gasteiger partial charge in [0, 0.05) is 5.92 Å². The van der Waals surface area contributed by atoms with E-state index in [1.54, 1.807) is 6.92 Å². The van der Waals surface area contributed by atoms with Crippen LogP contribution in [0.4, 0.5) is 0 Å². The molecule has 0 spiro atoms. The summed E-state index contributed by atoms with van der Waals surface area (Å²) in [5.41, 5.74) is 0. The average Bonchev–Trinajstić information content (AvgIpc) is 1.75. The number of Topliss-reactive ketones (excluding diaryl/α,β-unsaturated/α-hetero) is 1. The smallest absolute Gasteiger partial charge is 0.132 e. The molecule has 0 aliphatic heterocycles. The van der Waals surface area contributed by atoms with Crippen molar-refractivity contribution in [2.24, 2.45) is 17.8 Å². The van der Waals surface area contributed by atoms with Crippen LogP contribution in [0.5, 0.6) is 0 Å². The van der Waals surface area contributed by atoms with Gasteiger partial charge in [-0.15, -0.1) is 0 Å². The lowest BCUT2D eigenvalue weighted by molar-refractivity contribution is -0.124. The molecule has 11 heavy (non-hydrogen) atoms. The Kier molecular flexibility index (Phi) is 2.69. The van der Waals surface area contributed by atoms with Crippen LogP contribution in [0, 0.1) is 17.8 Å². The van der Waals surface area contributed by atoms with E-state index in [-0.39, 0.29) is 0 Å². The second kappa shape index (κ2) is 3.38. The van der Waals surface area contributed by atoms with Crippen LogP contribution in [0.15, 0.2) is 0 Å². The fourth-order valence-corrected chi connectivity index (χ4v) is 1.93. The Morgan fingerprint density at radius 3 is 2.36 bits per heavy atom. The minimum Gasteiger partial charge on any atom is -0.300 e. The molecule has 0 radical (unpaired) electrons. The van der Waals surface area contributed by atoms with Gasteiger partial charge in [0.05, 0.1) is 0 Å². The summed E-state index contributed by atoms with van der Waals surface area (Å²) < 4.78 is 0. The van der Waals surface area contributed by atoms with Gasteiger partial charge in [0.15, 0.2) is 0 Å². The predicted octanol–water partition coefficient (Wildman–Crippen LogP) is 2.65. The highest BCUT2D eigenvalue weighted by Gasteiger charge is 2.31. The van der Waals surface area contributed by atoms with E-state index < -0.39 is 0 Å². The van der Waals surface area contributed by atoms with Crippen LogP contribution in [-0.4, -0.2) is 5.78 Å². The van der Waals surface area contributed by atoms with E-state index in [1.165, 1.54) is 6.42 Å². The molecule has 0 aromatic heterocycles. The summed E-state index contributed by atoms with van der Waals surface area (Å²) in [5, 5.41) is 0. The first-order valence-electron chi connectivity index (χ1n) is 4.60.